The fraction of sp³-hybridized carbons (Fsp3) is 0. The van der Waals surface area contributed by atoms with E-state index in [0.717, 1.165) is 17.1 Å². The molecule has 2 heteroatoms. The average molecular weight is 246 g/mol. The van der Waals surface area contributed by atoms with Crippen molar-refractivity contribution in [2.45, 2.75) is 0 Å². The van der Waals surface area contributed by atoms with Crippen molar-refractivity contribution < 1.29 is 0 Å². The number of hydrogen-bond acceptors (Lipinski definition) is 2. The first kappa shape index (κ1) is 11.5. The molecule has 1 heterocycles. The fourth-order valence-corrected chi connectivity index (χ4v) is 2.09. The largest absolute Gasteiger partial charge is 0.309 e. The summed E-state index contributed by atoms with van der Waals surface area (Å²) in [6.07, 6.45) is 3.66. The fourth-order valence-electron chi connectivity index (χ4n) is 2.09. The van der Waals surface area contributed by atoms with Crippen molar-refractivity contribution in [1.29, 1.82) is 0 Å². The van der Waals surface area contributed by atoms with Crippen molar-refractivity contribution >= 4 is 17.1 Å². The van der Waals surface area contributed by atoms with E-state index in [1.807, 2.05) is 48.7 Å². The Labute approximate surface area is 113 Å². The first-order chi connectivity index (χ1) is 9.45. The Hall–Kier alpha value is -2.61. The van der Waals surface area contributed by atoms with Crippen LogP contribution in [0.25, 0.3) is 0 Å². The molecule has 2 nitrogen and oxygen atoms in total. The van der Waals surface area contributed by atoms with Crippen LogP contribution in [0.1, 0.15) is 0 Å². The number of aromatic nitrogens is 1. The highest BCUT2D eigenvalue weighted by atomic mass is 15.1. The average Bonchev–Trinajstić information content (AvgIpc) is 2.51. The Morgan fingerprint density at radius 2 is 1.11 bits per heavy atom. The van der Waals surface area contributed by atoms with Gasteiger partial charge in [0.15, 0.2) is 0 Å². The monoisotopic (exact) mass is 246 g/mol. The van der Waals surface area contributed by atoms with Crippen molar-refractivity contribution in [1.82, 2.24) is 4.98 Å². The first-order valence-electron chi connectivity index (χ1n) is 6.25. The highest BCUT2D eigenvalue weighted by Crippen LogP contribution is 2.32. The zero-order valence-electron chi connectivity index (χ0n) is 10.5. The number of anilines is 3. The second-order valence-electron chi connectivity index (χ2n) is 4.22. The van der Waals surface area contributed by atoms with Gasteiger partial charge in [-0.25, -0.2) is 0 Å². The quantitative estimate of drug-likeness (QED) is 0.674. The summed E-state index contributed by atoms with van der Waals surface area (Å²) < 4.78 is 0. The van der Waals surface area contributed by atoms with Crippen LogP contribution in [0, 0.1) is 0 Å². The molecule has 1 aromatic heterocycles. The Balaban J connectivity index is 2.12. The lowest BCUT2D eigenvalue weighted by molar-refractivity contribution is 1.23. The molecule has 0 aliphatic rings. The molecule has 0 unspecified atom stereocenters. The lowest BCUT2D eigenvalue weighted by atomic mass is 10.2. The van der Waals surface area contributed by atoms with Crippen LogP contribution in [0.3, 0.4) is 0 Å². The van der Waals surface area contributed by atoms with Crippen molar-refractivity contribution in [2.24, 2.45) is 0 Å². The van der Waals surface area contributed by atoms with Crippen LogP contribution < -0.4 is 4.90 Å². The summed E-state index contributed by atoms with van der Waals surface area (Å²) in [6.45, 7) is 0. The molecule has 0 bridgehead atoms. The molecule has 0 spiro atoms. The number of benzene rings is 2. The van der Waals surface area contributed by atoms with Gasteiger partial charge in [0, 0.05) is 17.6 Å². The minimum absolute atomic E-state index is 1.06. The predicted molar refractivity (Wildman–Crippen MR) is 78.9 cm³/mol. The van der Waals surface area contributed by atoms with Crippen molar-refractivity contribution in [2.75, 3.05) is 4.90 Å². The maximum Gasteiger partial charge on any atom is 0.0644 e. The second-order valence-corrected chi connectivity index (χ2v) is 4.22. The standard InChI is InChI=1S/C17H14N2/c1-3-8-15(9-4-1)19(16-10-5-2-6-11-16)17-12-7-13-18-14-17/h1-14H. The molecule has 0 amide bonds. The molecule has 0 N–H and O–H groups in total. The topological polar surface area (TPSA) is 16.1 Å². The molecule has 0 atom stereocenters. The van der Waals surface area contributed by atoms with E-state index in [4.69, 9.17) is 0 Å². The van der Waals surface area contributed by atoms with Crippen LogP contribution in [0.2, 0.25) is 0 Å². The molecule has 0 aliphatic carbocycles. The van der Waals surface area contributed by atoms with Gasteiger partial charge in [0.1, 0.15) is 0 Å². The molecule has 0 radical (unpaired) electrons. The zero-order chi connectivity index (χ0) is 12.9. The summed E-state index contributed by atoms with van der Waals surface area (Å²) >= 11 is 0. The van der Waals surface area contributed by atoms with Gasteiger partial charge in [0.25, 0.3) is 0 Å². The van der Waals surface area contributed by atoms with E-state index in [0.29, 0.717) is 0 Å². The Bertz CT molecular complexity index is 527. The second kappa shape index (κ2) is 5.36. The van der Waals surface area contributed by atoms with Gasteiger partial charge in [-0.15, -0.1) is 0 Å². The van der Waals surface area contributed by atoms with Gasteiger partial charge < -0.3 is 4.90 Å². The van der Waals surface area contributed by atoms with Crippen LogP contribution in [0.4, 0.5) is 17.1 Å². The number of para-hydroxylation sites is 2. The number of pyridine rings is 1. The molecule has 0 fully saturated rings. The molecule has 3 aromatic rings. The molecule has 92 valence electrons. The SMILES string of the molecule is c1ccc(N(c2ccccc2)c2cccnc2)cc1. The van der Waals surface area contributed by atoms with Gasteiger partial charge in [0.2, 0.25) is 0 Å². The van der Waals surface area contributed by atoms with Gasteiger partial charge in [-0.2, -0.15) is 0 Å². The summed E-state index contributed by atoms with van der Waals surface area (Å²) in [4.78, 5) is 6.40. The summed E-state index contributed by atoms with van der Waals surface area (Å²) in [6, 6.07) is 24.6. The molecule has 0 saturated heterocycles. The minimum atomic E-state index is 1.06. The van der Waals surface area contributed by atoms with E-state index < -0.39 is 0 Å². The van der Waals surface area contributed by atoms with Crippen molar-refractivity contribution in [3.05, 3.63) is 85.2 Å². The first-order valence-corrected chi connectivity index (χ1v) is 6.25. The van der Waals surface area contributed by atoms with Crippen LogP contribution in [0.5, 0.6) is 0 Å². The van der Waals surface area contributed by atoms with Crippen molar-refractivity contribution in [3.63, 3.8) is 0 Å². The lowest BCUT2D eigenvalue weighted by Crippen LogP contribution is -2.09. The molecule has 2 aromatic carbocycles. The molecule has 0 aliphatic heterocycles. The van der Waals surface area contributed by atoms with Gasteiger partial charge in [0.05, 0.1) is 11.9 Å². The highest BCUT2D eigenvalue weighted by molar-refractivity contribution is 5.75. The predicted octanol–water partition coefficient (Wildman–Crippen LogP) is 4.55. The zero-order valence-corrected chi connectivity index (χ0v) is 10.5. The van der Waals surface area contributed by atoms with E-state index >= 15 is 0 Å². The van der Waals surface area contributed by atoms with Crippen LogP contribution in [0.15, 0.2) is 85.2 Å². The van der Waals surface area contributed by atoms with E-state index in [9.17, 15) is 0 Å². The third-order valence-corrected chi connectivity index (χ3v) is 2.93. The summed E-state index contributed by atoms with van der Waals surface area (Å²) in [5.74, 6) is 0. The maximum atomic E-state index is 4.21. The van der Waals surface area contributed by atoms with Gasteiger partial charge >= 0.3 is 0 Å². The molecule has 19 heavy (non-hydrogen) atoms. The highest BCUT2D eigenvalue weighted by Gasteiger charge is 2.10. The van der Waals surface area contributed by atoms with Gasteiger partial charge in [-0.3, -0.25) is 4.98 Å². The molecular formula is C17H14N2. The Morgan fingerprint density at radius 3 is 1.58 bits per heavy atom. The number of rotatable bonds is 3. The summed E-state index contributed by atoms with van der Waals surface area (Å²) in [7, 11) is 0. The van der Waals surface area contributed by atoms with Gasteiger partial charge in [-0.05, 0) is 36.4 Å². The van der Waals surface area contributed by atoms with E-state index in [2.05, 4.69) is 40.2 Å². The maximum absolute atomic E-state index is 4.21. The smallest absolute Gasteiger partial charge is 0.0644 e. The molecular weight excluding hydrogens is 232 g/mol. The molecule has 3 rings (SSSR count). The molecule has 0 saturated carbocycles. The van der Waals surface area contributed by atoms with Crippen LogP contribution in [-0.4, -0.2) is 4.98 Å². The van der Waals surface area contributed by atoms with Crippen LogP contribution >= 0.6 is 0 Å². The lowest BCUT2D eigenvalue weighted by Gasteiger charge is -2.24. The normalized spacial score (nSPS) is 10.1. The van der Waals surface area contributed by atoms with Crippen LogP contribution in [-0.2, 0) is 0 Å². The summed E-state index contributed by atoms with van der Waals surface area (Å²) in [5, 5.41) is 0. The number of nitrogens with zero attached hydrogens (tertiary/aromatic N) is 2. The van der Waals surface area contributed by atoms with E-state index in [-0.39, 0.29) is 0 Å². The summed E-state index contributed by atoms with van der Waals surface area (Å²) in [5.41, 5.74) is 3.31. The third-order valence-electron chi connectivity index (χ3n) is 2.93. The van der Waals surface area contributed by atoms with E-state index in [1.165, 1.54) is 0 Å². The van der Waals surface area contributed by atoms with E-state index in [1.54, 1.807) is 6.20 Å². The third kappa shape index (κ3) is 2.47. The Morgan fingerprint density at radius 1 is 0.579 bits per heavy atom. The van der Waals surface area contributed by atoms with Gasteiger partial charge in [-0.1, -0.05) is 36.4 Å². The number of hydrogen-bond donors (Lipinski definition) is 0. The minimum Gasteiger partial charge on any atom is -0.309 e. The van der Waals surface area contributed by atoms with Crippen molar-refractivity contribution in [3.8, 4) is 0 Å². The Kier molecular flexibility index (Phi) is 3.24.